The SMILES string of the molecule is CC(C)(C(=O)Nc1ccccc1F)C(=O)NC1CCCC1. The summed E-state index contributed by atoms with van der Waals surface area (Å²) in [6.07, 6.45) is 4.12. The first kappa shape index (κ1) is 15.5. The molecule has 1 aliphatic rings. The Morgan fingerprint density at radius 2 is 1.76 bits per heavy atom. The zero-order valence-electron chi connectivity index (χ0n) is 12.4. The molecule has 1 fully saturated rings. The molecule has 0 spiro atoms. The fourth-order valence-electron chi connectivity index (χ4n) is 2.38. The lowest BCUT2D eigenvalue weighted by Crippen LogP contribution is -2.48. The minimum absolute atomic E-state index is 0.0873. The van der Waals surface area contributed by atoms with Crippen molar-refractivity contribution in [2.45, 2.75) is 45.6 Å². The average Bonchev–Trinajstić information content (AvgIpc) is 2.94. The second-order valence-corrected chi connectivity index (χ2v) is 6.01. The average molecular weight is 292 g/mol. The topological polar surface area (TPSA) is 58.2 Å². The van der Waals surface area contributed by atoms with Crippen LogP contribution in [0.1, 0.15) is 39.5 Å². The first-order valence-corrected chi connectivity index (χ1v) is 7.28. The lowest BCUT2D eigenvalue weighted by Gasteiger charge is -2.25. The summed E-state index contributed by atoms with van der Waals surface area (Å²) in [5.74, 6) is -1.34. The molecule has 1 aliphatic carbocycles. The Balaban J connectivity index is 2.02. The summed E-state index contributed by atoms with van der Waals surface area (Å²) in [6.45, 7) is 3.10. The maximum Gasteiger partial charge on any atom is 0.239 e. The van der Waals surface area contributed by atoms with E-state index in [4.69, 9.17) is 0 Å². The summed E-state index contributed by atoms with van der Waals surface area (Å²) in [7, 11) is 0. The summed E-state index contributed by atoms with van der Waals surface area (Å²) < 4.78 is 13.6. The van der Waals surface area contributed by atoms with Gasteiger partial charge in [-0.25, -0.2) is 4.39 Å². The van der Waals surface area contributed by atoms with E-state index in [9.17, 15) is 14.0 Å². The molecule has 0 bridgehead atoms. The molecule has 21 heavy (non-hydrogen) atoms. The van der Waals surface area contributed by atoms with E-state index in [0.717, 1.165) is 25.7 Å². The van der Waals surface area contributed by atoms with Gasteiger partial charge in [-0.1, -0.05) is 25.0 Å². The number of amides is 2. The molecule has 4 nitrogen and oxygen atoms in total. The number of carbonyl (C=O) groups is 2. The zero-order valence-corrected chi connectivity index (χ0v) is 12.4. The lowest BCUT2D eigenvalue weighted by atomic mass is 9.90. The van der Waals surface area contributed by atoms with E-state index in [2.05, 4.69) is 10.6 Å². The summed E-state index contributed by atoms with van der Waals surface area (Å²) >= 11 is 0. The van der Waals surface area contributed by atoms with Crippen LogP contribution in [-0.2, 0) is 9.59 Å². The van der Waals surface area contributed by atoms with Gasteiger partial charge in [-0.3, -0.25) is 9.59 Å². The van der Waals surface area contributed by atoms with Gasteiger partial charge in [0.1, 0.15) is 11.2 Å². The van der Waals surface area contributed by atoms with Crippen molar-refractivity contribution < 1.29 is 14.0 Å². The molecule has 0 atom stereocenters. The Hall–Kier alpha value is -1.91. The standard InChI is InChI=1S/C16H21FN2O2/c1-16(2,14(20)18-11-7-3-4-8-11)15(21)19-13-10-6-5-9-12(13)17/h5-6,9-11H,3-4,7-8H2,1-2H3,(H,18,20)(H,19,21). The number of benzene rings is 1. The Morgan fingerprint density at radius 1 is 1.14 bits per heavy atom. The highest BCUT2D eigenvalue weighted by molar-refractivity contribution is 6.09. The van der Waals surface area contributed by atoms with Crippen LogP contribution in [0.4, 0.5) is 10.1 Å². The first-order chi connectivity index (χ1) is 9.91. The van der Waals surface area contributed by atoms with E-state index in [1.807, 2.05) is 0 Å². The molecule has 0 aliphatic heterocycles. The van der Waals surface area contributed by atoms with Crippen LogP contribution in [0.25, 0.3) is 0 Å². The minimum atomic E-state index is -1.25. The van der Waals surface area contributed by atoms with Gasteiger partial charge < -0.3 is 10.6 Å². The molecular formula is C16H21FN2O2. The predicted octanol–water partition coefficient (Wildman–Crippen LogP) is 2.85. The van der Waals surface area contributed by atoms with Gasteiger partial charge in [-0.15, -0.1) is 0 Å². The second-order valence-electron chi connectivity index (χ2n) is 6.01. The number of rotatable bonds is 4. The number of para-hydroxylation sites is 1. The van der Waals surface area contributed by atoms with Crippen LogP contribution >= 0.6 is 0 Å². The fraction of sp³-hybridized carbons (Fsp3) is 0.500. The highest BCUT2D eigenvalue weighted by Gasteiger charge is 2.37. The van der Waals surface area contributed by atoms with Crippen molar-refractivity contribution in [3.05, 3.63) is 30.1 Å². The van der Waals surface area contributed by atoms with Crippen LogP contribution in [0.3, 0.4) is 0 Å². The van der Waals surface area contributed by atoms with E-state index >= 15 is 0 Å². The van der Waals surface area contributed by atoms with Crippen molar-refractivity contribution in [2.75, 3.05) is 5.32 Å². The summed E-state index contributed by atoms with van der Waals surface area (Å²) in [4.78, 5) is 24.5. The number of hydrogen-bond donors (Lipinski definition) is 2. The van der Waals surface area contributed by atoms with Gasteiger partial charge in [0.15, 0.2) is 0 Å². The maximum absolute atomic E-state index is 13.6. The lowest BCUT2D eigenvalue weighted by molar-refractivity contribution is -0.138. The van der Waals surface area contributed by atoms with Crippen LogP contribution < -0.4 is 10.6 Å². The molecule has 0 radical (unpaired) electrons. The molecule has 0 aromatic heterocycles. The van der Waals surface area contributed by atoms with Crippen LogP contribution in [0.5, 0.6) is 0 Å². The van der Waals surface area contributed by atoms with Crippen molar-refractivity contribution in [1.82, 2.24) is 5.32 Å². The summed E-state index contributed by atoms with van der Waals surface area (Å²) in [6, 6.07) is 6.06. The van der Waals surface area contributed by atoms with Crippen molar-refractivity contribution in [1.29, 1.82) is 0 Å². The van der Waals surface area contributed by atoms with Crippen molar-refractivity contribution in [3.8, 4) is 0 Å². The van der Waals surface area contributed by atoms with E-state index < -0.39 is 17.1 Å². The molecule has 0 unspecified atom stereocenters. The van der Waals surface area contributed by atoms with Gasteiger partial charge in [0.05, 0.1) is 5.69 Å². The van der Waals surface area contributed by atoms with Gasteiger partial charge in [0.2, 0.25) is 11.8 Å². The predicted molar refractivity (Wildman–Crippen MR) is 79.2 cm³/mol. The number of hydrogen-bond acceptors (Lipinski definition) is 2. The Kier molecular flexibility index (Phi) is 4.60. The quantitative estimate of drug-likeness (QED) is 0.838. The van der Waals surface area contributed by atoms with Gasteiger partial charge in [-0.2, -0.15) is 0 Å². The molecule has 1 saturated carbocycles. The van der Waals surface area contributed by atoms with E-state index in [1.54, 1.807) is 26.0 Å². The number of carbonyl (C=O) groups excluding carboxylic acids is 2. The summed E-state index contributed by atoms with van der Waals surface area (Å²) in [5, 5.41) is 5.39. The van der Waals surface area contributed by atoms with Gasteiger partial charge in [0, 0.05) is 6.04 Å². The van der Waals surface area contributed by atoms with Crippen LogP contribution in [0.15, 0.2) is 24.3 Å². The molecule has 1 aromatic rings. The van der Waals surface area contributed by atoms with Crippen molar-refractivity contribution >= 4 is 17.5 Å². The molecule has 2 N–H and O–H groups in total. The van der Waals surface area contributed by atoms with Gasteiger partial charge in [-0.05, 0) is 38.8 Å². The van der Waals surface area contributed by atoms with Crippen molar-refractivity contribution in [2.24, 2.45) is 5.41 Å². The Bertz CT molecular complexity index is 537. The van der Waals surface area contributed by atoms with Crippen molar-refractivity contribution in [3.63, 3.8) is 0 Å². The first-order valence-electron chi connectivity index (χ1n) is 7.28. The summed E-state index contributed by atoms with van der Waals surface area (Å²) in [5.41, 5.74) is -1.16. The van der Waals surface area contributed by atoms with Gasteiger partial charge in [0.25, 0.3) is 0 Å². The zero-order chi connectivity index (χ0) is 15.5. The third-order valence-electron chi connectivity index (χ3n) is 3.95. The van der Waals surface area contributed by atoms with E-state index in [-0.39, 0.29) is 17.6 Å². The number of halogens is 1. The highest BCUT2D eigenvalue weighted by atomic mass is 19.1. The molecule has 0 heterocycles. The molecule has 2 amide bonds. The molecule has 5 heteroatoms. The van der Waals surface area contributed by atoms with Crippen LogP contribution in [0, 0.1) is 11.2 Å². The van der Waals surface area contributed by atoms with Crippen LogP contribution in [-0.4, -0.2) is 17.9 Å². The van der Waals surface area contributed by atoms with Gasteiger partial charge >= 0.3 is 0 Å². The smallest absolute Gasteiger partial charge is 0.239 e. The fourth-order valence-corrected chi connectivity index (χ4v) is 2.38. The van der Waals surface area contributed by atoms with E-state index in [0.29, 0.717) is 0 Å². The number of anilines is 1. The molecule has 2 rings (SSSR count). The third-order valence-corrected chi connectivity index (χ3v) is 3.95. The van der Waals surface area contributed by atoms with Crippen LogP contribution in [0.2, 0.25) is 0 Å². The van der Waals surface area contributed by atoms with E-state index in [1.165, 1.54) is 12.1 Å². The monoisotopic (exact) mass is 292 g/mol. The molecular weight excluding hydrogens is 271 g/mol. The molecule has 0 saturated heterocycles. The normalized spacial score (nSPS) is 15.8. The minimum Gasteiger partial charge on any atom is -0.352 e. The number of nitrogens with one attached hydrogen (secondary N) is 2. The highest BCUT2D eigenvalue weighted by Crippen LogP contribution is 2.23. The second kappa shape index (κ2) is 6.24. The Morgan fingerprint density at radius 3 is 2.38 bits per heavy atom. The molecule has 1 aromatic carbocycles. The third kappa shape index (κ3) is 3.60. The maximum atomic E-state index is 13.6. The molecule has 114 valence electrons. The Labute approximate surface area is 124 Å². The largest absolute Gasteiger partial charge is 0.352 e.